The molecule has 0 unspecified atom stereocenters. The summed E-state index contributed by atoms with van der Waals surface area (Å²) in [7, 11) is 1.73. The van der Waals surface area contributed by atoms with Gasteiger partial charge in [-0.2, -0.15) is 0 Å². The van der Waals surface area contributed by atoms with Crippen LogP contribution in [0.5, 0.6) is 5.75 Å². The number of nitrogens with zero attached hydrogens (tertiary/aromatic N) is 1. The number of benzene rings is 1. The van der Waals surface area contributed by atoms with Gasteiger partial charge >= 0.3 is 0 Å². The maximum atomic E-state index is 5.34. The van der Waals surface area contributed by atoms with Gasteiger partial charge in [0.05, 0.1) is 17.8 Å². The fourth-order valence-corrected chi connectivity index (χ4v) is 3.94. The molecule has 0 saturated carbocycles. The Hall–Kier alpha value is -1.39. The maximum Gasteiger partial charge on any atom is 0.119 e. The molecule has 1 atom stereocenters. The molecule has 3 rings (SSSR count). The molecule has 118 valence electrons. The molecule has 0 spiro atoms. The van der Waals surface area contributed by atoms with Gasteiger partial charge in [-0.15, -0.1) is 11.3 Å². The highest BCUT2D eigenvalue weighted by atomic mass is 32.1. The Labute approximate surface area is 136 Å². The normalized spacial score (nSPS) is 17.3. The number of ether oxygens (including phenoxy) is 1. The Morgan fingerprint density at radius 2 is 2.27 bits per heavy atom. The maximum absolute atomic E-state index is 5.34. The molecule has 1 heterocycles. The van der Waals surface area contributed by atoms with Crippen molar-refractivity contribution in [2.45, 2.75) is 51.6 Å². The molecule has 22 heavy (non-hydrogen) atoms. The first-order chi connectivity index (χ1) is 10.8. The van der Waals surface area contributed by atoms with E-state index < -0.39 is 0 Å². The van der Waals surface area contributed by atoms with Crippen LogP contribution in [-0.4, -0.2) is 18.1 Å². The highest BCUT2D eigenvalue weighted by molar-refractivity contribution is 7.09. The van der Waals surface area contributed by atoms with E-state index in [1.54, 1.807) is 18.4 Å². The van der Waals surface area contributed by atoms with Crippen molar-refractivity contribution in [3.05, 3.63) is 45.4 Å². The summed E-state index contributed by atoms with van der Waals surface area (Å²) in [6, 6.07) is 7.00. The van der Waals surface area contributed by atoms with Crippen LogP contribution in [0.4, 0.5) is 0 Å². The molecule has 0 saturated heterocycles. The average molecular weight is 316 g/mol. The number of nitrogens with one attached hydrogen (secondary N) is 1. The molecule has 0 aliphatic heterocycles. The van der Waals surface area contributed by atoms with E-state index in [0.29, 0.717) is 6.04 Å². The Balaban J connectivity index is 1.57. The third kappa shape index (κ3) is 3.68. The first kappa shape index (κ1) is 15.5. The number of rotatable bonds is 6. The summed E-state index contributed by atoms with van der Waals surface area (Å²) in [5, 5.41) is 7.13. The van der Waals surface area contributed by atoms with Crippen molar-refractivity contribution in [1.29, 1.82) is 0 Å². The molecule has 0 radical (unpaired) electrons. The van der Waals surface area contributed by atoms with Crippen molar-refractivity contribution in [1.82, 2.24) is 10.3 Å². The van der Waals surface area contributed by atoms with Crippen molar-refractivity contribution in [3.8, 4) is 5.75 Å². The van der Waals surface area contributed by atoms with Crippen LogP contribution in [0, 0.1) is 0 Å². The van der Waals surface area contributed by atoms with Gasteiger partial charge in [0.2, 0.25) is 0 Å². The van der Waals surface area contributed by atoms with Crippen LogP contribution in [-0.2, 0) is 25.8 Å². The minimum absolute atomic E-state index is 0.538. The van der Waals surface area contributed by atoms with Crippen LogP contribution in [0.25, 0.3) is 0 Å². The lowest BCUT2D eigenvalue weighted by Crippen LogP contribution is -2.34. The van der Waals surface area contributed by atoms with Crippen LogP contribution >= 0.6 is 11.3 Å². The quantitative estimate of drug-likeness (QED) is 0.881. The molecule has 0 amide bonds. The molecule has 0 fully saturated rings. The van der Waals surface area contributed by atoms with Crippen molar-refractivity contribution in [2.75, 3.05) is 7.11 Å². The van der Waals surface area contributed by atoms with Crippen molar-refractivity contribution < 1.29 is 4.74 Å². The SMILES string of the molecule is CCCc1nc(CN[C@@H]2CCc3ccc(OC)cc3C2)cs1. The number of hydrogen-bond acceptors (Lipinski definition) is 4. The molecule has 0 bridgehead atoms. The van der Waals surface area contributed by atoms with Gasteiger partial charge in [-0.05, 0) is 55.4 Å². The second kappa shape index (κ2) is 7.25. The zero-order valence-electron chi connectivity index (χ0n) is 13.4. The second-order valence-corrected chi connectivity index (χ2v) is 6.88. The molecule has 4 heteroatoms. The van der Waals surface area contributed by atoms with E-state index in [4.69, 9.17) is 9.72 Å². The summed E-state index contributed by atoms with van der Waals surface area (Å²) in [5.74, 6) is 0.961. The van der Waals surface area contributed by atoms with Crippen molar-refractivity contribution in [2.24, 2.45) is 0 Å². The Morgan fingerprint density at radius 1 is 1.36 bits per heavy atom. The third-order valence-electron chi connectivity index (χ3n) is 4.28. The number of aryl methyl sites for hydroxylation is 2. The van der Waals surface area contributed by atoms with E-state index in [0.717, 1.165) is 31.6 Å². The molecule has 1 N–H and O–H groups in total. The minimum atomic E-state index is 0.538. The van der Waals surface area contributed by atoms with Gasteiger partial charge in [0.1, 0.15) is 5.75 Å². The first-order valence-electron chi connectivity index (χ1n) is 8.11. The number of hydrogen-bond donors (Lipinski definition) is 1. The molecule has 1 aromatic heterocycles. The molecule has 3 nitrogen and oxygen atoms in total. The molecular weight excluding hydrogens is 292 g/mol. The lowest BCUT2D eigenvalue weighted by Gasteiger charge is -2.25. The summed E-state index contributed by atoms with van der Waals surface area (Å²) in [5.41, 5.74) is 4.08. The largest absolute Gasteiger partial charge is 0.497 e. The number of aromatic nitrogens is 1. The number of methoxy groups -OCH3 is 1. The fraction of sp³-hybridized carbons (Fsp3) is 0.500. The predicted octanol–water partition coefficient (Wildman–Crippen LogP) is 3.75. The summed E-state index contributed by atoms with van der Waals surface area (Å²) < 4.78 is 5.34. The fourth-order valence-electron chi connectivity index (χ4n) is 3.04. The van der Waals surface area contributed by atoms with Crippen molar-refractivity contribution >= 4 is 11.3 Å². The molecule has 2 aromatic rings. The van der Waals surface area contributed by atoms with Gasteiger partial charge in [-0.3, -0.25) is 0 Å². The Bertz CT molecular complexity index is 623. The second-order valence-electron chi connectivity index (χ2n) is 5.94. The zero-order valence-corrected chi connectivity index (χ0v) is 14.2. The van der Waals surface area contributed by atoms with Crippen LogP contribution in [0.15, 0.2) is 23.6 Å². The van der Waals surface area contributed by atoms with Crippen LogP contribution in [0.2, 0.25) is 0 Å². The molecular formula is C18H24N2OS. The third-order valence-corrected chi connectivity index (χ3v) is 5.23. The van der Waals surface area contributed by atoms with Crippen LogP contribution in [0.3, 0.4) is 0 Å². The summed E-state index contributed by atoms with van der Waals surface area (Å²) in [6.45, 7) is 3.08. The topological polar surface area (TPSA) is 34.2 Å². The summed E-state index contributed by atoms with van der Waals surface area (Å²) in [4.78, 5) is 4.69. The monoisotopic (exact) mass is 316 g/mol. The minimum Gasteiger partial charge on any atom is -0.497 e. The van der Waals surface area contributed by atoms with Crippen LogP contribution < -0.4 is 10.1 Å². The average Bonchev–Trinajstić information content (AvgIpc) is 3.00. The van der Waals surface area contributed by atoms with Gasteiger partial charge in [0, 0.05) is 18.0 Å². The highest BCUT2D eigenvalue weighted by Gasteiger charge is 2.19. The highest BCUT2D eigenvalue weighted by Crippen LogP contribution is 2.25. The standard InChI is InChI=1S/C18H24N2OS/c1-3-4-18-20-16(12-22-18)11-19-15-7-5-13-6-8-17(21-2)10-14(13)9-15/h6,8,10,12,15,19H,3-5,7,9,11H2,1-2H3/t15-/m1/s1. The molecule has 1 aliphatic rings. The Morgan fingerprint density at radius 3 is 3.09 bits per heavy atom. The van der Waals surface area contributed by atoms with E-state index in [1.165, 1.54) is 34.7 Å². The van der Waals surface area contributed by atoms with Gasteiger partial charge in [-0.25, -0.2) is 4.98 Å². The number of fused-ring (bicyclic) bond motifs is 1. The van der Waals surface area contributed by atoms with Gasteiger partial charge < -0.3 is 10.1 Å². The summed E-state index contributed by atoms with van der Waals surface area (Å²) >= 11 is 1.79. The zero-order chi connectivity index (χ0) is 15.4. The van der Waals surface area contributed by atoms with E-state index in [1.807, 2.05) is 0 Å². The van der Waals surface area contributed by atoms with E-state index in [2.05, 4.69) is 35.8 Å². The molecule has 1 aromatic carbocycles. The lowest BCUT2D eigenvalue weighted by molar-refractivity contribution is 0.410. The van der Waals surface area contributed by atoms with E-state index >= 15 is 0 Å². The van der Waals surface area contributed by atoms with Crippen LogP contribution in [0.1, 0.15) is 41.6 Å². The van der Waals surface area contributed by atoms with E-state index in [-0.39, 0.29) is 0 Å². The van der Waals surface area contributed by atoms with Gasteiger partial charge in [0.25, 0.3) is 0 Å². The number of thiazole rings is 1. The Kier molecular flexibility index (Phi) is 5.11. The summed E-state index contributed by atoms with van der Waals surface area (Å²) in [6.07, 6.45) is 5.70. The van der Waals surface area contributed by atoms with E-state index in [9.17, 15) is 0 Å². The van der Waals surface area contributed by atoms with Crippen molar-refractivity contribution in [3.63, 3.8) is 0 Å². The lowest BCUT2D eigenvalue weighted by atomic mass is 9.88. The van der Waals surface area contributed by atoms with Gasteiger partial charge in [0.15, 0.2) is 0 Å². The van der Waals surface area contributed by atoms with Gasteiger partial charge in [-0.1, -0.05) is 13.0 Å². The molecule has 1 aliphatic carbocycles. The first-order valence-corrected chi connectivity index (χ1v) is 8.99. The predicted molar refractivity (Wildman–Crippen MR) is 91.8 cm³/mol. The smallest absolute Gasteiger partial charge is 0.119 e.